The maximum absolute atomic E-state index is 13.7. The average molecular weight is 339 g/mol. The van der Waals surface area contributed by atoms with Crippen LogP contribution in [0.1, 0.15) is 16.8 Å². The second-order valence-corrected chi connectivity index (χ2v) is 5.03. The van der Waals surface area contributed by atoms with Gasteiger partial charge in [0.05, 0.1) is 10.6 Å². The number of rotatable bonds is 7. The lowest BCUT2D eigenvalue weighted by Gasteiger charge is -2.08. The van der Waals surface area contributed by atoms with Crippen molar-refractivity contribution in [1.29, 1.82) is 0 Å². The molecule has 0 fully saturated rings. The first-order valence-corrected chi connectivity index (χ1v) is 7.31. The molecular formula is C15H16ClFN4O2. The summed E-state index contributed by atoms with van der Waals surface area (Å²) in [4.78, 5) is 12.1. The molecule has 0 aliphatic carbocycles. The van der Waals surface area contributed by atoms with E-state index in [0.717, 1.165) is 6.42 Å². The van der Waals surface area contributed by atoms with Gasteiger partial charge >= 0.3 is 0 Å². The number of aromatic nitrogens is 2. The number of hydrogen-bond donors (Lipinski definition) is 2. The van der Waals surface area contributed by atoms with E-state index in [1.807, 2.05) is 0 Å². The molecule has 2 aromatic rings. The molecule has 0 spiro atoms. The van der Waals surface area contributed by atoms with Gasteiger partial charge in [0.15, 0.2) is 5.82 Å². The lowest BCUT2D eigenvalue weighted by atomic mass is 10.2. The Morgan fingerprint density at radius 1 is 1.26 bits per heavy atom. The molecule has 2 rings (SSSR count). The van der Waals surface area contributed by atoms with Gasteiger partial charge in [-0.1, -0.05) is 17.7 Å². The zero-order valence-corrected chi connectivity index (χ0v) is 13.2. The van der Waals surface area contributed by atoms with Crippen molar-refractivity contribution < 1.29 is 13.9 Å². The van der Waals surface area contributed by atoms with Crippen molar-refractivity contribution in [2.24, 2.45) is 0 Å². The zero-order valence-electron chi connectivity index (χ0n) is 12.5. The molecule has 6 nitrogen and oxygen atoms in total. The van der Waals surface area contributed by atoms with Gasteiger partial charge in [0.1, 0.15) is 11.6 Å². The Morgan fingerprint density at radius 2 is 2.00 bits per heavy atom. The molecule has 0 radical (unpaired) electrons. The lowest BCUT2D eigenvalue weighted by molar-refractivity contribution is 0.102. The van der Waals surface area contributed by atoms with Crippen LogP contribution in [0.25, 0.3) is 0 Å². The van der Waals surface area contributed by atoms with E-state index in [1.54, 1.807) is 19.2 Å². The maximum Gasteiger partial charge on any atom is 0.261 e. The minimum absolute atomic E-state index is 0.0342. The highest BCUT2D eigenvalue weighted by Crippen LogP contribution is 2.20. The maximum atomic E-state index is 13.7. The summed E-state index contributed by atoms with van der Waals surface area (Å²) >= 11 is 5.84. The van der Waals surface area contributed by atoms with Crippen LogP contribution in [-0.4, -0.2) is 36.4 Å². The Kier molecular flexibility index (Phi) is 6.25. The van der Waals surface area contributed by atoms with Crippen molar-refractivity contribution >= 4 is 29.1 Å². The molecule has 1 aromatic carbocycles. The summed E-state index contributed by atoms with van der Waals surface area (Å²) in [5.41, 5.74) is -0.224. The summed E-state index contributed by atoms with van der Waals surface area (Å²) < 4.78 is 18.6. The Bertz CT molecular complexity index is 647. The highest BCUT2D eigenvalue weighted by Gasteiger charge is 2.16. The summed E-state index contributed by atoms with van der Waals surface area (Å²) in [6, 6.07) is 7.27. The molecule has 0 atom stereocenters. The van der Waals surface area contributed by atoms with Gasteiger partial charge in [-0.2, -0.15) is 0 Å². The third-order valence-electron chi connectivity index (χ3n) is 2.93. The number of carbonyl (C=O) groups excluding carboxylic acids is 1. The highest BCUT2D eigenvalue weighted by molar-refractivity contribution is 6.34. The van der Waals surface area contributed by atoms with Crippen molar-refractivity contribution in [2.45, 2.75) is 6.42 Å². The molecule has 0 aliphatic rings. The van der Waals surface area contributed by atoms with Crippen molar-refractivity contribution in [3.05, 3.63) is 46.7 Å². The fourth-order valence-corrected chi connectivity index (χ4v) is 2.07. The summed E-state index contributed by atoms with van der Waals surface area (Å²) in [5.74, 6) is -0.595. The molecule has 122 valence electrons. The van der Waals surface area contributed by atoms with E-state index in [0.29, 0.717) is 19.0 Å². The van der Waals surface area contributed by atoms with Crippen LogP contribution in [0.3, 0.4) is 0 Å². The van der Waals surface area contributed by atoms with E-state index in [4.69, 9.17) is 16.3 Å². The number of halogens is 2. The van der Waals surface area contributed by atoms with E-state index in [2.05, 4.69) is 20.8 Å². The number of amides is 1. The van der Waals surface area contributed by atoms with Gasteiger partial charge in [-0.15, -0.1) is 10.2 Å². The normalized spacial score (nSPS) is 10.4. The molecule has 23 heavy (non-hydrogen) atoms. The number of methoxy groups -OCH3 is 1. The molecule has 0 aliphatic heterocycles. The number of ether oxygens (including phenoxy) is 1. The Balaban J connectivity index is 1.96. The molecular weight excluding hydrogens is 323 g/mol. The number of benzene rings is 1. The fourth-order valence-electron chi connectivity index (χ4n) is 1.82. The number of hydrogen-bond acceptors (Lipinski definition) is 5. The van der Waals surface area contributed by atoms with Gasteiger partial charge < -0.3 is 15.4 Å². The van der Waals surface area contributed by atoms with E-state index >= 15 is 0 Å². The largest absolute Gasteiger partial charge is 0.385 e. The predicted octanol–water partition coefficient (Wildman–Crippen LogP) is 2.97. The van der Waals surface area contributed by atoms with Gasteiger partial charge in [-0.05, 0) is 30.7 Å². The van der Waals surface area contributed by atoms with Crippen molar-refractivity contribution in [1.82, 2.24) is 10.2 Å². The van der Waals surface area contributed by atoms with Crippen LogP contribution in [-0.2, 0) is 4.74 Å². The van der Waals surface area contributed by atoms with Gasteiger partial charge in [0.2, 0.25) is 0 Å². The van der Waals surface area contributed by atoms with E-state index in [1.165, 1.54) is 18.2 Å². The molecule has 1 heterocycles. The monoisotopic (exact) mass is 338 g/mol. The van der Waals surface area contributed by atoms with Gasteiger partial charge in [0.25, 0.3) is 5.91 Å². The predicted molar refractivity (Wildman–Crippen MR) is 86.4 cm³/mol. The van der Waals surface area contributed by atoms with Crippen molar-refractivity contribution in [3.63, 3.8) is 0 Å². The number of anilines is 2. The molecule has 0 bridgehead atoms. The van der Waals surface area contributed by atoms with Crippen LogP contribution >= 0.6 is 11.6 Å². The topological polar surface area (TPSA) is 76.1 Å². The second kappa shape index (κ2) is 8.40. The highest BCUT2D eigenvalue weighted by atomic mass is 35.5. The van der Waals surface area contributed by atoms with Crippen LogP contribution in [0.15, 0.2) is 30.3 Å². The molecule has 2 N–H and O–H groups in total. The van der Waals surface area contributed by atoms with Crippen molar-refractivity contribution in [2.75, 3.05) is 30.9 Å². The SMILES string of the molecule is COCCCNc1ccc(NC(=O)c2c(F)cccc2Cl)nn1. The smallest absolute Gasteiger partial charge is 0.261 e. The minimum atomic E-state index is -0.695. The lowest BCUT2D eigenvalue weighted by Crippen LogP contribution is -2.16. The van der Waals surface area contributed by atoms with Crippen LogP contribution in [0.5, 0.6) is 0 Å². The van der Waals surface area contributed by atoms with Crippen LogP contribution < -0.4 is 10.6 Å². The van der Waals surface area contributed by atoms with Crippen LogP contribution in [0.2, 0.25) is 5.02 Å². The summed E-state index contributed by atoms with van der Waals surface area (Å²) in [6.07, 6.45) is 0.836. The third kappa shape index (κ3) is 4.87. The first kappa shape index (κ1) is 17.1. The average Bonchev–Trinajstić information content (AvgIpc) is 2.53. The summed E-state index contributed by atoms with van der Waals surface area (Å²) in [7, 11) is 1.64. The minimum Gasteiger partial charge on any atom is -0.385 e. The number of carbonyl (C=O) groups is 1. The molecule has 0 saturated heterocycles. The second-order valence-electron chi connectivity index (χ2n) is 4.63. The van der Waals surface area contributed by atoms with Gasteiger partial charge in [-0.25, -0.2) is 4.39 Å². The van der Waals surface area contributed by atoms with Gasteiger partial charge in [-0.3, -0.25) is 4.79 Å². The summed E-state index contributed by atoms with van der Waals surface area (Å²) in [6.45, 7) is 1.34. The molecule has 1 amide bonds. The Morgan fingerprint density at radius 3 is 2.65 bits per heavy atom. The van der Waals surface area contributed by atoms with Gasteiger partial charge in [0, 0.05) is 20.3 Å². The quantitative estimate of drug-likeness (QED) is 0.759. The summed E-state index contributed by atoms with van der Waals surface area (Å²) in [5, 5.41) is 13.3. The van der Waals surface area contributed by atoms with E-state index in [-0.39, 0.29) is 16.4 Å². The number of nitrogens with one attached hydrogen (secondary N) is 2. The first-order valence-electron chi connectivity index (χ1n) is 6.93. The fraction of sp³-hybridized carbons (Fsp3) is 0.267. The van der Waals surface area contributed by atoms with Crippen LogP contribution in [0, 0.1) is 5.82 Å². The third-order valence-corrected chi connectivity index (χ3v) is 3.24. The van der Waals surface area contributed by atoms with E-state index in [9.17, 15) is 9.18 Å². The molecule has 8 heteroatoms. The molecule has 0 saturated carbocycles. The Labute approximate surface area is 138 Å². The first-order chi connectivity index (χ1) is 11.1. The molecule has 1 aromatic heterocycles. The zero-order chi connectivity index (χ0) is 16.7. The molecule has 0 unspecified atom stereocenters. The standard InChI is InChI=1S/C15H16ClFN4O2/c1-23-9-3-8-18-12-6-7-13(21-20-12)19-15(22)14-10(16)4-2-5-11(14)17/h2,4-7H,3,8-9H2,1H3,(H,18,20)(H,19,21,22). The number of nitrogens with zero attached hydrogens (tertiary/aromatic N) is 2. The van der Waals surface area contributed by atoms with E-state index < -0.39 is 11.7 Å². The Hall–Kier alpha value is -2.25. The van der Waals surface area contributed by atoms with Crippen molar-refractivity contribution in [3.8, 4) is 0 Å². The van der Waals surface area contributed by atoms with Crippen LogP contribution in [0.4, 0.5) is 16.0 Å².